The van der Waals surface area contributed by atoms with Crippen molar-refractivity contribution >= 4 is 11.4 Å². The molecule has 0 aliphatic heterocycles. The molecule has 0 aliphatic rings. The largest absolute Gasteiger partial charge is 0.454 e. The summed E-state index contributed by atoms with van der Waals surface area (Å²) >= 11 is 0. The van der Waals surface area contributed by atoms with Crippen LogP contribution in [-0.2, 0) is 0 Å². The Bertz CT molecular complexity index is 480. The Morgan fingerprint density at radius 3 is 1.93 bits per heavy atom. The normalized spacial score (nSPS) is 10.4. The van der Waals surface area contributed by atoms with E-state index >= 15 is 0 Å². The predicted molar refractivity (Wildman–Crippen MR) is 44.7 cm³/mol. The Hall–Kier alpha value is -2.58. The second-order valence-corrected chi connectivity index (χ2v) is 2.66. The van der Waals surface area contributed by atoms with Gasteiger partial charge < -0.3 is 4.63 Å². The highest BCUT2D eigenvalue weighted by molar-refractivity contribution is 5.52. The van der Waals surface area contributed by atoms with Crippen LogP contribution in [0.4, 0.5) is 11.4 Å². The summed E-state index contributed by atoms with van der Waals surface area (Å²) < 4.78 is 4.38. The van der Waals surface area contributed by atoms with Crippen LogP contribution in [0.5, 0.6) is 0 Å². The van der Waals surface area contributed by atoms with Crippen molar-refractivity contribution in [3.05, 3.63) is 38.4 Å². The lowest BCUT2D eigenvalue weighted by Gasteiger charge is -1.99. The van der Waals surface area contributed by atoms with E-state index in [4.69, 9.17) is 0 Å². The van der Waals surface area contributed by atoms with Crippen LogP contribution in [0, 0.1) is 20.2 Å². The summed E-state index contributed by atoms with van der Waals surface area (Å²) in [6.07, 6.45) is 0. The molecular weight excluding hydrogens is 208 g/mol. The molecule has 2 rings (SSSR count). The molecule has 9 heteroatoms. The lowest BCUT2D eigenvalue weighted by molar-refractivity contribution is -0.394. The summed E-state index contributed by atoms with van der Waals surface area (Å²) in [5, 5.41) is 24.2. The predicted octanol–water partition coefficient (Wildman–Crippen LogP) is 0.844. The highest BCUT2D eigenvalue weighted by atomic mass is 16.7. The molecular formula is C6H3N4O5-. The molecule has 0 saturated heterocycles. The first-order valence-corrected chi connectivity index (χ1v) is 3.70. The van der Waals surface area contributed by atoms with E-state index in [2.05, 4.69) is 9.90 Å². The van der Waals surface area contributed by atoms with Crippen LogP contribution in [0.2, 0.25) is 0 Å². The van der Waals surface area contributed by atoms with Gasteiger partial charge in [-0.2, -0.15) is 0 Å². The Kier molecular flexibility index (Phi) is 1.78. The molecule has 0 amide bonds. The van der Waals surface area contributed by atoms with Gasteiger partial charge in [-0.3, -0.25) is 30.4 Å². The van der Waals surface area contributed by atoms with Crippen molar-refractivity contribution < 1.29 is 14.5 Å². The number of hydrogen-bond acceptors (Lipinski definition) is 5. The highest BCUT2D eigenvalue weighted by Crippen LogP contribution is 2.24. The van der Waals surface area contributed by atoms with Gasteiger partial charge in [0.1, 0.15) is 0 Å². The van der Waals surface area contributed by atoms with Gasteiger partial charge in [0.25, 0.3) is 11.4 Å². The van der Waals surface area contributed by atoms with Gasteiger partial charge in [-0.05, 0) is 0 Å². The molecule has 2 aromatic rings. The van der Waals surface area contributed by atoms with Gasteiger partial charge in [0, 0.05) is 17.8 Å². The van der Waals surface area contributed by atoms with E-state index in [1.54, 1.807) is 0 Å². The van der Waals surface area contributed by atoms with Crippen molar-refractivity contribution in [1.29, 1.82) is 0 Å². The Morgan fingerprint density at radius 1 is 1.13 bits per heavy atom. The molecule has 9 nitrogen and oxygen atoms in total. The lowest BCUT2D eigenvalue weighted by Crippen LogP contribution is -1.95. The number of nitro benzene ring substituents is 2. The van der Waals surface area contributed by atoms with Crippen LogP contribution in [0.1, 0.15) is 0 Å². The Morgan fingerprint density at radius 2 is 1.60 bits per heavy atom. The molecule has 0 unspecified atom stereocenters. The van der Waals surface area contributed by atoms with Crippen molar-refractivity contribution in [2.45, 2.75) is 0 Å². The van der Waals surface area contributed by atoms with Crippen LogP contribution < -0.4 is 5.27 Å². The molecule has 1 aromatic heterocycles. The first kappa shape index (κ1) is 8.99. The molecule has 1 heterocycles. The molecule has 0 saturated carbocycles. The van der Waals surface area contributed by atoms with Crippen molar-refractivity contribution in [3.8, 4) is 5.69 Å². The fourth-order valence-electron chi connectivity index (χ4n) is 1.01. The van der Waals surface area contributed by atoms with Gasteiger partial charge >= 0.3 is 0 Å². The van der Waals surface area contributed by atoms with Gasteiger partial charge in [-0.25, -0.2) is 0 Å². The maximum absolute atomic E-state index is 10.5. The minimum atomic E-state index is -0.722. The first-order chi connectivity index (χ1) is 7.08. The van der Waals surface area contributed by atoms with E-state index in [0.717, 1.165) is 23.1 Å². The van der Waals surface area contributed by atoms with E-state index in [9.17, 15) is 20.2 Å². The maximum atomic E-state index is 10.5. The van der Waals surface area contributed by atoms with E-state index in [0.29, 0.717) is 0 Å². The molecule has 0 atom stereocenters. The smallest absolute Gasteiger partial charge is 0.276 e. The standard InChI is InChI=1S/C6H3N4O5/c11-9(12)5-1-4(8-7-15-8)2-6(3-5)10(13)14/h1-3H/q-1. The van der Waals surface area contributed by atoms with Gasteiger partial charge in [-0.15, -0.1) is 0 Å². The van der Waals surface area contributed by atoms with E-state index in [-0.39, 0.29) is 17.1 Å². The fraction of sp³-hybridized carbons (Fsp3) is 0. The average Bonchev–Trinajstić information content (AvgIpc) is 3.00. The molecule has 1 aromatic carbocycles. The van der Waals surface area contributed by atoms with Gasteiger partial charge in [0.15, 0.2) is 0 Å². The lowest BCUT2D eigenvalue weighted by atomic mass is 10.2. The monoisotopic (exact) mass is 211 g/mol. The summed E-state index contributed by atoms with van der Waals surface area (Å²) in [6, 6.07) is 3.12. The quantitative estimate of drug-likeness (QED) is 0.548. The third-order valence-electron chi connectivity index (χ3n) is 1.69. The molecule has 0 bridgehead atoms. The number of hydrogen-bond donors (Lipinski definition) is 0. The van der Waals surface area contributed by atoms with Gasteiger partial charge in [0.05, 0.1) is 15.9 Å². The maximum Gasteiger partial charge on any atom is 0.276 e. The van der Waals surface area contributed by atoms with Crippen LogP contribution in [0.15, 0.2) is 22.8 Å². The van der Waals surface area contributed by atoms with Gasteiger partial charge in [-0.1, -0.05) is 0 Å². The third kappa shape index (κ3) is 1.70. The SMILES string of the molecule is O=[N+]([O-])c1cc(-n2[n-]o2)cc([N+](=O)[O-])c1. The number of nitro groups is 2. The Balaban J connectivity index is 2.55. The first-order valence-electron chi connectivity index (χ1n) is 3.70. The number of benzene rings is 1. The molecule has 0 aliphatic carbocycles. The molecule has 0 radical (unpaired) electrons. The van der Waals surface area contributed by atoms with E-state index in [1.165, 1.54) is 0 Å². The number of nitrogens with zero attached hydrogens (tertiary/aromatic N) is 4. The summed E-state index contributed by atoms with van der Waals surface area (Å²) in [5.41, 5.74) is -0.620. The molecule has 0 spiro atoms. The number of non-ortho nitro benzene ring substituents is 2. The van der Waals surface area contributed by atoms with Crippen LogP contribution in [0.25, 0.3) is 5.69 Å². The van der Waals surface area contributed by atoms with E-state index in [1.807, 2.05) is 0 Å². The summed E-state index contributed by atoms with van der Waals surface area (Å²) in [4.78, 5) is 20.4. The minimum Gasteiger partial charge on any atom is -0.454 e. The van der Waals surface area contributed by atoms with Crippen molar-refractivity contribution in [3.63, 3.8) is 0 Å². The highest BCUT2D eigenvalue weighted by Gasteiger charge is 2.15. The molecule has 15 heavy (non-hydrogen) atoms. The zero-order valence-electron chi connectivity index (χ0n) is 7.06. The van der Waals surface area contributed by atoms with Crippen LogP contribution >= 0.6 is 0 Å². The van der Waals surface area contributed by atoms with E-state index < -0.39 is 9.85 Å². The van der Waals surface area contributed by atoms with Crippen LogP contribution in [0.3, 0.4) is 0 Å². The second-order valence-electron chi connectivity index (χ2n) is 2.66. The minimum absolute atomic E-state index is 0.149. The summed E-state index contributed by atoms with van der Waals surface area (Å²) in [7, 11) is 0. The molecule has 0 N–H and O–H groups in total. The number of aromatic nitrogens is 2. The molecule has 78 valence electrons. The number of rotatable bonds is 3. The summed E-state index contributed by atoms with van der Waals surface area (Å²) in [5.74, 6) is 0. The van der Waals surface area contributed by atoms with Crippen molar-refractivity contribution in [2.75, 3.05) is 0 Å². The zero-order chi connectivity index (χ0) is 11.0. The van der Waals surface area contributed by atoms with Crippen LogP contribution in [-0.4, -0.2) is 14.7 Å². The molecule has 0 fully saturated rings. The van der Waals surface area contributed by atoms with Crippen molar-refractivity contribution in [2.24, 2.45) is 0 Å². The topological polar surface area (TPSA) is 118 Å². The average molecular weight is 211 g/mol. The third-order valence-corrected chi connectivity index (χ3v) is 1.69. The van der Waals surface area contributed by atoms with Crippen molar-refractivity contribution in [1.82, 2.24) is 10.1 Å². The Labute approximate surface area is 81.1 Å². The zero-order valence-corrected chi connectivity index (χ0v) is 7.06. The van der Waals surface area contributed by atoms with Gasteiger partial charge in [0.2, 0.25) is 0 Å². The second kappa shape index (κ2) is 2.97. The summed E-state index contributed by atoms with van der Waals surface area (Å²) in [6.45, 7) is 0. The fourth-order valence-corrected chi connectivity index (χ4v) is 1.01.